The number of rotatable bonds is 7. The highest BCUT2D eigenvalue weighted by atomic mass is 16.4. The van der Waals surface area contributed by atoms with E-state index in [-0.39, 0.29) is 11.9 Å². The number of aliphatic hydroxyl groups is 1. The van der Waals surface area contributed by atoms with Crippen molar-refractivity contribution >= 4 is 5.84 Å². The summed E-state index contributed by atoms with van der Waals surface area (Å²) in [4.78, 5) is 0. The fourth-order valence-corrected chi connectivity index (χ4v) is 1.60. The molecular formula is C13H21N3O2. The fourth-order valence-electron chi connectivity index (χ4n) is 1.60. The number of hydrogen-bond acceptors (Lipinski definition) is 4. The highest BCUT2D eigenvalue weighted by Crippen LogP contribution is 2.05. The van der Waals surface area contributed by atoms with Gasteiger partial charge in [-0.2, -0.15) is 0 Å². The summed E-state index contributed by atoms with van der Waals surface area (Å²) in [6, 6.07) is 7.50. The molecule has 0 aromatic heterocycles. The number of nitrogens with zero attached hydrogens (tertiary/aromatic N) is 1. The Kier molecular flexibility index (Phi) is 6.18. The number of oxime groups is 1. The summed E-state index contributed by atoms with van der Waals surface area (Å²) in [5, 5.41) is 24.2. The Morgan fingerprint density at radius 1 is 1.50 bits per heavy atom. The van der Waals surface area contributed by atoms with Crippen molar-refractivity contribution in [2.75, 3.05) is 6.54 Å². The van der Waals surface area contributed by atoms with E-state index in [1.165, 1.54) is 0 Å². The van der Waals surface area contributed by atoms with Crippen molar-refractivity contribution in [2.24, 2.45) is 10.9 Å². The Bertz CT molecular complexity index is 394. The summed E-state index contributed by atoms with van der Waals surface area (Å²) in [5.74, 6) is 0.109. The molecule has 5 N–H and O–H groups in total. The highest BCUT2D eigenvalue weighted by Gasteiger charge is 2.02. The van der Waals surface area contributed by atoms with Gasteiger partial charge >= 0.3 is 0 Å². The van der Waals surface area contributed by atoms with Crippen LogP contribution in [-0.4, -0.2) is 28.8 Å². The molecule has 1 atom stereocenters. The molecule has 0 radical (unpaired) electrons. The predicted molar refractivity (Wildman–Crippen MR) is 71.6 cm³/mol. The SMILES string of the molecule is CCC(O)CCNCc1cccc(/C(N)=N/O)c1. The number of hydrogen-bond donors (Lipinski definition) is 4. The van der Waals surface area contributed by atoms with Crippen molar-refractivity contribution in [3.05, 3.63) is 35.4 Å². The fraction of sp³-hybridized carbons (Fsp3) is 0.462. The summed E-state index contributed by atoms with van der Waals surface area (Å²) in [5.41, 5.74) is 7.28. The second-order valence-corrected chi connectivity index (χ2v) is 4.21. The monoisotopic (exact) mass is 251 g/mol. The van der Waals surface area contributed by atoms with E-state index in [4.69, 9.17) is 10.9 Å². The van der Waals surface area contributed by atoms with Gasteiger partial charge in [-0.15, -0.1) is 0 Å². The first kappa shape index (κ1) is 14.5. The first-order valence-corrected chi connectivity index (χ1v) is 6.13. The van der Waals surface area contributed by atoms with E-state index in [0.717, 1.165) is 24.9 Å². The second-order valence-electron chi connectivity index (χ2n) is 4.21. The Labute approximate surface area is 107 Å². The third-order valence-corrected chi connectivity index (χ3v) is 2.79. The summed E-state index contributed by atoms with van der Waals surface area (Å²) in [6.45, 7) is 3.43. The quantitative estimate of drug-likeness (QED) is 0.191. The zero-order chi connectivity index (χ0) is 13.4. The van der Waals surface area contributed by atoms with Crippen LogP contribution in [-0.2, 0) is 6.54 Å². The maximum atomic E-state index is 9.40. The van der Waals surface area contributed by atoms with Gasteiger partial charge in [0, 0.05) is 12.1 Å². The Morgan fingerprint density at radius 2 is 2.28 bits per heavy atom. The summed E-state index contributed by atoms with van der Waals surface area (Å²) < 4.78 is 0. The standard InChI is InChI=1S/C13H21N3O2/c1-2-12(17)6-7-15-9-10-4-3-5-11(8-10)13(14)16-18/h3-5,8,12,15,17-18H,2,6-7,9H2,1H3,(H2,14,16). The molecule has 100 valence electrons. The molecule has 0 fully saturated rings. The lowest BCUT2D eigenvalue weighted by atomic mass is 10.1. The minimum atomic E-state index is -0.235. The molecule has 5 nitrogen and oxygen atoms in total. The molecule has 0 saturated heterocycles. The topological polar surface area (TPSA) is 90.9 Å². The van der Waals surface area contributed by atoms with Crippen molar-refractivity contribution in [1.82, 2.24) is 5.32 Å². The lowest BCUT2D eigenvalue weighted by molar-refractivity contribution is 0.159. The van der Waals surface area contributed by atoms with Gasteiger partial charge in [-0.05, 0) is 31.0 Å². The Balaban J connectivity index is 2.43. The van der Waals surface area contributed by atoms with Crippen molar-refractivity contribution in [3.63, 3.8) is 0 Å². The maximum absolute atomic E-state index is 9.40. The molecule has 0 bridgehead atoms. The Hall–Kier alpha value is -1.59. The molecule has 1 aromatic rings. The van der Waals surface area contributed by atoms with Gasteiger partial charge in [0.2, 0.25) is 0 Å². The molecule has 0 amide bonds. The van der Waals surface area contributed by atoms with Gasteiger partial charge < -0.3 is 21.4 Å². The van der Waals surface area contributed by atoms with Gasteiger partial charge in [-0.1, -0.05) is 30.3 Å². The van der Waals surface area contributed by atoms with E-state index >= 15 is 0 Å². The van der Waals surface area contributed by atoms with E-state index < -0.39 is 0 Å². The third-order valence-electron chi connectivity index (χ3n) is 2.79. The first-order valence-electron chi connectivity index (χ1n) is 6.13. The molecule has 1 rings (SSSR count). The molecule has 1 aromatic carbocycles. The van der Waals surface area contributed by atoms with Crippen LogP contribution in [0, 0.1) is 0 Å². The minimum absolute atomic E-state index is 0.109. The van der Waals surface area contributed by atoms with Crippen molar-refractivity contribution < 1.29 is 10.3 Å². The Morgan fingerprint density at radius 3 is 2.94 bits per heavy atom. The smallest absolute Gasteiger partial charge is 0.170 e. The van der Waals surface area contributed by atoms with E-state index in [9.17, 15) is 5.11 Å². The molecule has 0 aliphatic heterocycles. The van der Waals surface area contributed by atoms with Gasteiger partial charge in [-0.3, -0.25) is 0 Å². The molecule has 18 heavy (non-hydrogen) atoms. The number of nitrogens with two attached hydrogens (primary N) is 1. The van der Waals surface area contributed by atoms with Crippen LogP contribution in [0.15, 0.2) is 29.4 Å². The van der Waals surface area contributed by atoms with Crippen LogP contribution >= 0.6 is 0 Å². The van der Waals surface area contributed by atoms with Gasteiger partial charge in [0.1, 0.15) is 0 Å². The molecule has 1 unspecified atom stereocenters. The average molecular weight is 251 g/mol. The van der Waals surface area contributed by atoms with Crippen LogP contribution < -0.4 is 11.1 Å². The minimum Gasteiger partial charge on any atom is -0.409 e. The van der Waals surface area contributed by atoms with Crippen LogP contribution in [0.5, 0.6) is 0 Å². The van der Waals surface area contributed by atoms with Gasteiger partial charge in [0.15, 0.2) is 5.84 Å². The second kappa shape index (κ2) is 7.68. The van der Waals surface area contributed by atoms with E-state index in [0.29, 0.717) is 12.1 Å². The first-order chi connectivity index (χ1) is 8.67. The molecule has 0 heterocycles. The van der Waals surface area contributed by atoms with Crippen LogP contribution in [0.3, 0.4) is 0 Å². The molecule has 0 aliphatic rings. The predicted octanol–water partition coefficient (Wildman–Crippen LogP) is 1.03. The number of amidine groups is 1. The van der Waals surface area contributed by atoms with E-state index in [1.807, 2.05) is 25.1 Å². The summed E-state index contributed by atoms with van der Waals surface area (Å²) in [7, 11) is 0. The van der Waals surface area contributed by atoms with Gasteiger partial charge in [0.05, 0.1) is 6.10 Å². The molecule has 0 saturated carbocycles. The summed E-state index contributed by atoms with van der Waals surface area (Å²) >= 11 is 0. The van der Waals surface area contributed by atoms with E-state index in [1.54, 1.807) is 6.07 Å². The van der Waals surface area contributed by atoms with Crippen LogP contribution in [0.4, 0.5) is 0 Å². The lowest BCUT2D eigenvalue weighted by Gasteiger charge is -2.09. The zero-order valence-corrected chi connectivity index (χ0v) is 10.6. The third kappa shape index (κ3) is 4.73. The molecule has 0 spiro atoms. The normalized spacial score (nSPS) is 13.6. The number of benzene rings is 1. The van der Waals surface area contributed by atoms with Crippen molar-refractivity contribution in [1.29, 1.82) is 0 Å². The van der Waals surface area contributed by atoms with Crippen molar-refractivity contribution in [2.45, 2.75) is 32.4 Å². The average Bonchev–Trinajstić information content (AvgIpc) is 2.42. The van der Waals surface area contributed by atoms with E-state index in [2.05, 4.69) is 10.5 Å². The lowest BCUT2D eigenvalue weighted by Crippen LogP contribution is -2.20. The van der Waals surface area contributed by atoms with Crippen LogP contribution in [0.25, 0.3) is 0 Å². The molecular weight excluding hydrogens is 230 g/mol. The van der Waals surface area contributed by atoms with Gasteiger partial charge in [0.25, 0.3) is 0 Å². The maximum Gasteiger partial charge on any atom is 0.170 e. The highest BCUT2D eigenvalue weighted by molar-refractivity contribution is 5.97. The van der Waals surface area contributed by atoms with Gasteiger partial charge in [-0.25, -0.2) is 0 Å². The largest absolute Gasteiger partial charge is 0.409 e. The van der Waals surface area contributed by atoms with Crippen molar-refractivity contribution in [3.8, 4) is 0 Å². The molecule has 5 heteroatoms. The number of nitrogens with one attached hydrogen (secondary N) is 1. The summed E-state index contributed by atoms with van der Waals surface area (Å²) in [6.07, 6.45) is 1.29. The zero-order valence-electron chi connectivity index (χ0n) is 10.6. The number of aliphatic hydroxyl groups excluding tert-OH is 1. The van der Waals surface area contributed by atoms with Crippen LogP contribution in [0.2, 0.25) is 0 Å². The van der Waals surface area contributed by atoms with Crippen LogP contribution in [0.1, 0.15) is 30.9 Å². The molecule has 0 aliphatic carbocycles.